The first-order valence-electron chi connectivity index (χ1n) is 6.27. The largest absolute Gasteiger partial charge is 0.383 e. The third kappa shape index (κ3) is 3.98. The molecule has 4 heteroatoms. The second-order valence-corrected chi connectivity index (χ2v) is 4.32. The van der Waals surface area contributed by atoms with E-state index < -0.39 is 0 Å². The van der Waals surface area contributed by atoms with Crippen LogP contribution in [-0.2, 0) is 16.0 Å². The zero-order chi connectivity index (χ0) is 13.4. The van der Waals surface area contributed by atoms with Gasteiger partial charge in [-0.3, -0.25) is 0 Å². The predicted molar refractivity (Wildman–Crippen MR) is 74.9 cm³/mol. The molecular formula is C14H24N2O2. The first kappa shape index (κ1) is 15.0. The Morgan fingerprint density at radius 3 is 2.56 bits per heavy atom. The van der Waals surface area contributed by atoms with E-state index in [-0.39, 0.29) is 6.04 Å². The van der Waals surface area contributed by atoms with E-state index in [1.807, 2.05) is 12.1 Å². The third-order valence-electron chi connectivity index (χ3n) is 3.00. The highest BCUT2D eigenvalue weighted by Gasteiger charge is 2.16. The van der Waals surface area contributed by atoms with Crippen molar-refractivity contribution in [3.63, 3.8) is 0 Å². The number of hydrogen-bond acceptors (Lipinski definition) is 4. The standard InChI is InChI=1S/C14H24N2O2/c1-12(11-18-3)16(8-9-17-2)14-7-5-4-6-13(14)10-15/h4-7,12H,8-11,15H2,1-3H3. The number of anilines is 1. The normalized spacial score (nSPS) is 12.4. The quantitative estimate of drug-likeness (QED) is 0.764. The van der Waals surface area contributed by atoms with Gasteiger partial charge in [0.15, 0.2) is 0 Å². The molecule has 18 heavy (non-hydrogen) atoms. The molecule has 0 bridgehead atoms. The zero-order valence-corrected chi connectivity index (χ0v) is 11.6. The number of methoxy groups -OCH3 is 2. The van der Waals surface area contributed by atoms with Gasteiger partial charge in [0.2, 0.25) is 0 Å². The van der Waals surface area contributed by atoms with Crippen LogP contribution in [0.5, 0.6) is 0 Å². The molecule has 0 aliphatic rings. The average Bonchev–Trinajstić information content (AvgIpc) is 2.40. The van der Waals surface area contributed by atoms with Crippen LogP contribution in [0.4, 0.5) is 5.69 Å². The highest BCUT2D eigenvalue weighted by Crippen LogP contribution is 2.22. The molecule has 1 atom stereocenters. The molecule has 2 N–H and O–H groups in total. The summed E-state index contributed by atoms with van der Waals surface area (Å²) in [6.07, 6.45) is 0. The van der Waals surface area contributed by atoms with E-state index in [9.17, 15) is 0 Å². The van der Waals surface area contributed by atoms with Crippen LogP contribution in [0.3, 0.4) is 0 Å². The highest BCUT2D eigenvalue weighted by atomic mass is 16.5. The Balaban J connectivity index is 2.92. The van der Waals surface area contributed by atoms with Crippen molar-refractivity contribution in [3.05, 3.63) is 29.8 Å². The third-order valence-corrected chi connectivity index (χ3v) is 3.00. The van der Waals surface area contributed by atoms with Gasteiger partial charge in [0, 0.05) is 39.0 Å². The lowest BCUT2D eigenvalue weighted by Gasteiger charge is -2.32. The number of nitrogens with zero attached hydrogens (tertiary/aromatic N) is 1. The van der Waals surface area contributed by atoms with Gasteiger partial charge in [0.25, 0.3) is 0 Å². The fraction of sp³-hybridized carbons (Fsp3) is 0.571. The molecule has 1 unspecified atom stereocenters. The van der Waals surface area contributed by atoms with Crippen molar-refractivity contribution in [2.45, 2.75) is 19.5 Å². The maximum absolute atomic E-state index is 5.80. The van der Waals surface area contributed by atoms with Crippen LogP contribution >= 0.6 is 0 Å². The van der Waals surface area contributed by atoms with Gasteiger partial charge < -0.3 is 20.1 Å². The molecule has 0 amide bonds. The van der Waals surface area contributed by atoms with Crippen LogP contribution in [0.2, 0.25) is 0 Å². The second kappa shape index (κ2) is 8.08. The number of para-hydroxylation sites is 1. The number of hydrogen-bond donors (Lipinski definition) is 1. The molecule has 0 saturated carbocycles. The lowest BCUT2D eigenvalue weighted by atomic mass is 10.1. The van der Waals surface area contributed by atoms with Crippen LogP contribution in [0.1, 0.15) is 12.5 Å². The smallest absolute Gasteiger partial charge is 0.0663 e. The van der Waals surface area contributed by atoms with Crippen molar-refractivity contribution in [1.29, 1.82) is 0 Å². The van der Waals surface area contributed by atoms with Gasteiger partial charge >= 0.3 is 0 Å². The van der Waals surface area contributed by atoms with Gasteiger partial charge in [-0.15, -0.1) is 0 Å². The van der Waals surface area contributed by atoms with Crippen molar-refractivity contribution in [3.8, 4) is 0 Å². The van der Waals surface area contributed by atoms with E-state index >= 15 is 0 Å². The predicted octanol–water partition coefficient (Wildman–Crippen LogP) is 1.63. The maximum Gasteiger partial charge on any atom is 0.0663 e. The molecule has 1 aromatic rings. The SMILES string of the molecule is COCCN(c1ccccc1CN)C(C)COC. The fourth-order valence-electron chi connectivity index (χ4n) is 2.06. The van der Waals surface area contributed by atoms with Crippen molar-refractivity contribution >= 4 is 5.69 Å². The topological polar surface area (TPSA) is 47.7 Å². The van der Waals surface area contributed by atoms with Gasteiger partial charge in [-0.05, 0) is 18.6 Å². The Bertz CT molecular complexity index is 344. The average molecular weight is 252 g/mol. The summed E-state index contributed by atoms with van der Waals surface area (Å²) in [7, 11) is 3.44. The summed E-state index contributed by atoms with van der Waals surface area (Å²) in [5, 5.41) is 0. The van der Waals surface area contributed by atoms with Crippen LogP contribution in [0.25, 0.3) is 0 Å². The molecule has 0 saturated heterocycles. The fourth-order valence-corrected chi connectivity index (χ4v) is 2.06. The maximum atomic E-state index is 5.80. The molecule has 0 radical (unpaired) electrons. The Kier molecular flexibility index (Phi) is 6.72. The van der Waals surface area contributed by atoms with Crippen molar-refractivity contribution in [2.75, 3.05) is 38.9 Å². The summed E-state index contributed by atoms with van der Waals surface area (Å²) in [4.78, 5) is 2.29. The summed E-state index contributed by atoms with van der Waals surface area (Å²) in [5.74, 6) is 0. The Morgan fingerprint density at radius 1 is 1.22 bits per heavy atom. The summed E-state index contributed by atoms with van der Waals surface area (Å²) in [5.41, 5.74) is 8.12. The van der Waals surface area contributed by atoms with E-state index in [4.69, 9.17) is 15.2 Å². The monoisotopic (exact) mass is 252 g/mol. The summed E-state index contributed by atoms with van der Waals surface area (Å²) in [6.45, 7) is 4.89. The van der Waals surface area contributed by atoms with Crippen LogP contribution in [-0.4, -0.2) is 40.0 Å². The van der Waals surface area contributed by atoms with Crippen LogP contribution < -0.4 is 10.6 Å². The summed E-state index contributed by atoms with van der Waals surface area (Å²) in [6, 6.07) is 8.51. The zero-order valence-electron chi connectivity index (χ0n) is 11.6. The Morgan fingerprint density at radius 2 is 1.94 bits per heavy atom. The molecule has 1 rings (SSSR count). The van der Waals surface area contributed by atoms with Crippen LogP contribution in [0.15, 0.2) is 24.3 Å². The number of nitrogens with two attached hydrogens (primary N) is 1. The lowest BCUT2D eigenvalue weighted by molar-refractivity contribution is 0.171. The second-order valence-electron chi connectivity index (χ2n) is 4.32. The first-order valence-corrected chi connectivity index (χ1v) is 6.27. The molecule has 4 nitrogen and oxygen atoms in total. The highest BCUT2D eigenvalue weighted by molar-refractivity contribution is 5.54. The van der Waals surface area contributed by atoms with Gasteiger partial charge in [-0.2, -0.15) is 0 Å². The van der Waals surface area contributed by atoms with Gasteiger partial charge in [-0.25, -0.2) is 0 Å². The number of rotatable bonds is 8. The lowest BCUT2D eigenvalue weighted by Crippen LogP contribution is -2.39. The van der Waals surface area contributed by atoms with E-state index in [1.54, 1.807) is 14.2 Å². The molecule has 0 aliphatic carbocycles. The summed E-state index contributed by atoms with van der Waals surface area (Å²) < 4.78 is 10.4. The minimum atomic E-state index is 0.290. The molecule has 1 aromatic carbocycles. The van der Waals surface area contributed by atoms with Gasteiger partial charge in [0.1, 0.15) is 0 Å². The van der Waals surface area contributed by atoms with Crippen molar-refractivity contribution < 1.29 is 9.47 Å². The minimum absolute atomic E-state index is 0.290. The molecular weight excluding hydrogens is 228 g/mol. The Labute approximate surface area is 110 Å². The van der Waals surface area contributed by atoms with E-state index in [0.29, 0.717) is 19.8 Å². The molecule has 0 fully saturated rings. The van der Waals surface area contributed by atoms with Crippen molar-refractivity contribution in [1.82, 2.24) is 0 Å². The Hall–Kier alpha value is -1.10. The van der Waals surface area contributed by atoms with E-state index in [2.05, 4.69) is 24.0 Å². The molecule has 0 aliphatic heterocycles. The molecule has 0 heterocycles. The number of benzene rings is 1. The van der Waals surface area contributed by atoms with Crippen molar-refractivity contribution in [2.24, 2.45) is 5.73 Å². The van der Waals surface area contributed by atoms with E-state index in [0.717, 1.165) is 12.1 Å². The molecule has 0 aromatic heterocycles. The number of ether oxygens (including phenoxy) is 2. The van der Waals surface area contributed by atoms with Gasteiger partial charge in [0.05, 0.1) is 13.2 Å². The van der Waals surface area contributed by atoms with Crippen LogP contribution in [0, 0.1) is 0 Å². The van der Waals surface area contributed by atoms with Gasteiger partial charge in [-0.1, -0.05) is 18.2 Å². The summed E-state index contributed by atoms with van der Waals surface area (Å²) >= 11 is 0. The molecule has 0 spiro atoms. The molecule has 102 valence electrons. The minimum Gasteiger partial charge on any atom is -0.383 e. The van der Waals surface area contributed by atoms with E-state index in [1.165, 1.54) is 5.69 Å². The first-order chi connectivity index (χ1) is 8.74.